The number of hydrogen-bond donors (Lipinski definition) is 1. The number of aryl methyl sites for hydroxylation is 2. The van der Waals surface area contributed by atoms with Gasteiger partial charge in [-0.05, 0) is 60.5 Å². The molecule has 0 saturated carbocycles. The van der Waals surface area contributed by atoms with Gasteiger partial charge >= 0.3 is 6.18 Å². The van der Waals surface area contributed by atoms with E-state index in [4.69, 9.17) is 4.74 Å². The molecule has 1 amide bonds. The van der Waals surface area contributed by atoms with E-state index in [9.17, 15) is 22.8 Å². The maximum atomic E-state index is 12.8. The van der Waals surface area contributed by atoms with E-state index in [0.717, 1.165) is 28.8 Å². The number of carbonyl (C=O) groups is 1. The monoisotopic (exact) mass is 469 g/mol. The molecule has 2 heterocycles. The van der Waals surface area contributed by atoms with Crippen LogP contribution in [-0.2, 0) is 24.6 Å². The molecule has 0 spiro atoms. The Hall–Kier alpha value is -4.01. The zero-order valence-corrected chi connectivity index (χ0v) is 18.7. The molecule has 176 valence electrons. The quantitative estimate of drug-likeness (QED) is 0.454. The van der Waals surface area contributed by atoms with Crippen molar-refractivity contribution < 1.29 is 22.7 Å². The fourth-order valence-electron chi connectivity index (χ4n) is 3.85. The lowest BCUT2D eigenvalue weighted by Gasteiger charge is -2.11. The maximum absolute atomic E-state index is 12.8. The van der Waals surface area contributed by atoms with E-state index >= 15 is 0 Å². The molecule has 0 aliphatic rings. The van der Waals surface area contributed by atoms with Crippen LogP contribution < -0.4 is 15.6 Å². The summed E-state index contributed by atoms with van der Waals surface area (Å²) in [6, 6.07) is 13.0. The number of ether oxygens (including phenoxy) is 1. The minimum Gasteiger partial charge on any atom is -0.457 e. The topological polar surface area (TPSA) is 65.3 Å². The van der Waals surface area contributed by atoms with Crippen LogP contribution >= 0.6 is 0 Å². The highest BCUT2D eigenvalue weighted by Crippen LogP contribution is 2.35. The Kier molecular flexibility index (Phi) is 5.95. The molecule has 0 bridgehead atoms. The second kappa shape index (κ2) is 8.74. The van der Waals surface area contributed by atoms with Gasteiger partial charge in [-0.1, -0.05) is 6.07 Å². The van der Waals surface area contributed by atoms with Crippen LogP contribution in [0.25, 0.3) is 22.2 Å². The summed E-state index contributed by atoms with van der Waals surface area (Å²) in [5, 5.41) is 2.59. The van der Waals surface area contributed by atoms with Crippen molar-refractivity contribution in [3.05, 3.63) is 82.3 Å². The molecule has 0 radical (unpaired) electrons. The predicted octanol–water partition coefficient (Wildman–Crippen LogP) is 4.87. The van der Waals surface area contributed by atoms with Crippen molar-refractivity contribution in [2.75, 3.05) is 7.05 Å². The first kappa shape index (κ1) is 23.2. The van der Waals surface area contributed by atoms with Gasteiger partial charge in [-0.3, -0.25) is 9.59 Å². The van der Waals surface area contributed by atoms with Gasteiger partial charge in [0.2, 0.25) is 5.91 Å². The fourth-order valence-corrected chi connectivity index (χ4v) is 3.85. The Morgan fingerprint density at radius 1 is 1.03 bits per heavy atom. The molecule has 0 atom stereocenters. The van der Waals surface area contributed by atoms with Gasteiger partial charge in [-0.2, -0.15) is 13.2 Å². The molecule has 0 saturated heterocycles. The van der Waals surface area contributed by atoms with Crippen LogP contribution in [0.5, 0.6) is 11.5 Å². The molecule has 2 aromatic heterocycles. The Morgan fingerprint density at radius 2 is 1.74 bits per heavy atom. The molecule has 34 heavy (non-hydrogen) atoms. The molecular formula is C25H22F3N3O3. The zero-order valence-electron chi connectivity index (χ0n) is 18.7. The van der Waals surface area contributed by atoms with Crippen molar-refractivity contribution in [3.63, 3.8) is 0 Å². The van der Waals surface area contributed by atoms with Crippen LogP contribution in [0.1, 0.15) is 11.1 Å². The first-order valence-electron chi connectivity index (χ1n) is 10.4. The Balaban J connectivity index is 1.78. The number of hydrogen-bond acceptors (Lipinski definition) is 3. The average Bonchev–Trinajstić information content (AvgIpc) is 3.14. The van der Waals surface area contributed by atoms with E-state index in [2.05, 4.69) is 5.32 Å². The first-order chi connectivity index (χ1) is 16.1. The third-order valence-electron chi connectivity index (χ3n) is 5.51. The molecule has 6 nitrogen and oxygen atoms in total. The number of aromatic nitrogens is 2. The number of fused-ring (bicyclic) bond motifs is 1. The van der Waals surface area contributed by atoms with Crippen molar-refractivity contribution in [1.29, 1.82) is 0 Å². The SMILES string of the molecule is CNC(=O)Cn1cc(-c2cc(C)cc(Oc3ccc(C(F)(F)F)cc3)c2)c2c1ccc(=O)n2C. The Labute approximate surface area is 193 Å². The number of rotatable bonds is 5. The van der Waals surface area contributed by atoms with Crippen LogP contribution in [0.15, 0.2) is 65.6 Å². The average molecular weight is 469 g/mol. The highest BCUT2D eigenvalue weighted by atomic mass is 19.4. The molecule has 0 aliphatic heterocycles. The summed E-state index contributed by atoms with van der Waals surface area (Å²) in [7, 11) is 3.21. The number of benzene rings is 2. The molecular weight excluding hydrogens is 447 g/mol. The minimum absolute atomic E-state index is 0.0753. The zero-order chi connectivity index (χ0) is 24.6. The Morgan fingerprint density at radius 3 is 2.38 bits per heavy atom. The second-order valence-corrected chi connectivity index (χ2v) is 7.97. The highest BCUT2D eigenvalue weighted by molar-refractivity contribution is 5.94. The van der Waals surface area contributed by atoms with Gasteiger partial charge in [0.25, 0.3) is 5.56 Å². The standard InChI is InChI=1S/C25H22F3N3O3/c1-15-10-16(12-19(11-15)34-18-6-4-17(5-7-18)25(26,27)28)20-13-31(14-22(32)29-2)21-8-9-23(33)30(3)24(20)21/h4-13H,14H2,1-3H3,(H,29,32). The third kappa shape index (κ3) is 4.54. The molecule has 2 aromatic carbocycles. The number of halogens is 3. The highest BCUT2D eigenvalue weighted by Gasteiger charge is 2.30. The van der Waals surface area contributed by atoms with E-state index in [-0.39, 0.29) is 23.8 Å². The summed E-state index contributed by atoms with van der Waals surface area (Å²) in [4.78, 5) is 24.4. The summed E-state index contributed by atoms with van der Waals surface area (Å²) in [6.45, 7) is 1.94. The summed E-state index contributed by atoms with van der Waals surface area (Å²) >= 11 is 0. The lowest BCUT2D eigenvalue weighted by atomic mass is 10.0. The van der Waals surface area contributed by atoms with Crippen LogP contribution in [0.2, 0.25) is 0 Å². The van der Waals surface area contributed by atoms with Crippen molar-refractivity contribution in [1.82, 2.24) is 14.5 Å². The summed E-state index contributed by atoms with van der Waals surface area (Å²) in [6.07, 6.45) is -2.62. The first-order valence-corrected chi connectivity index (χ1v) is 10.4. The van der Waals surface area contributed by atoms with E-state index < -0.39 is 11.7 Å². The number of pyridine rings is 1. The van der Waals surface area contributed by atoms with Gasteiger partial charge in [0.15, 0.2) is 0 Å². The number of carbonyl (C=O) groups excluding carboxylic acids is 1. The van der Waals surface area contributed by atoms with E-state index in [1.54, 1.807) is 43.1 Å². The third-order valence-corrected chi connectivity index (χ3v) is 5.51. The molecule has 0 fully saturated rings. The summed E-state index contributed by atoms with van der Waals surface area (Å²) < 4.78 is 47.6. The molecule has 4 aromatic rings. The van der Waals surface area contributed by atoms with Crippen molar-refractivity contribution in [3.8, 4) is 22.6 Å². The number of nitrogens with zero attached hydrogens (tertiary/aromatic N) is 2. The van der Waals surface area contributed by atoms with Crippen LogP contribution in [0.3, 0.4) is 0 Å². The van der Waals surface area contributed by atoms with Gasteiger partial charge in [-0.25, -0.2) is 0 Å². The van der Waals surface area contributed by atoms with Gasteiger partial charge in [-0.15, -0.1) is 0 Å². The Bertz CT molecular complexity index is 1430. The molecule has 4 rings (SSSR count). The largest absolute Gasteiger partial charge is 0.457 e. The predicted molar refractivity (Wildman–Crippen MR) is 123 cm³/mol. The summed E-state index contributed by atoms with van der Waals surface area (Å²) in [5.41, 5.74) is 2.74. The smallest absolute Gasteiger partial charge is 0.416 e. The van der Waals surface area contributed by atoms with Crippen LogP contribution in [-0.4, -0.2) is 22.1 Å². The van der Waals surface area contributed by atoms with E-state index in [0.29, 0.717) is 16.8 Å². The van der Waals surface area contributed by atoms with Gasteiger partial charge in [0.1, 0.15) is 18.0 Å². The molecule has 9 heteroatoms. The second-order valence-electron chi connectivity index (χ2n) is 7.97. The van der Waals surface area contributed by atoms with Gasteiger partial charge < -0.3 is 19.2 Å². The number of alkyl halides is 3. The van der Waals surface area contributed by atoms with Gasteiger partial charge in [0.05, 0.1) is 16.6 Å². The normalized spacial score (nSPS) is 11.6. The molecule has 0 aliphatic carbocycles. The van der Waals surface area contributed by atoms with Crippen molar-refractivity contribution in [2.45, 2.75) is 19.6 Å². The number of likely N-dealkylation sites (N-methyl/N-ethyl adjacent to an activating group) is 1. The summed E-state index contributed by atoms with van der Waals surface area (Å²) in [5.74, 6) is 0.509. The van der Waals surface area contributed by atoms with Crippen LogP contribution in [0.4, 0.5) is 13.2 Å². The molecule has 0 unspecified atom stereocenters. The van der Waals surface area contributed by atoms with Crippen molar-refractivity contribution >= 4 is 16.9 Å². The van der Waals surface area contributed by atoms with E-state index in [1.807, 2.05) is 13.0 Å². The maximum Gasteiger partial charge on any atom is 0.416 e. The van der Waals surface area contributed by atoms with E-state index in [1.165, 1.54) is 22.8 Å². The van der Waals surface area contributed by atoms with Crippen LogP contribution in [0, 0.1) is 6.92 Å². The fraction of sp³-hybridized carbons (Fsp3) is 0.200. The van der Waals surface area contributed by atoms with Gasteiger partial charge in [0, 0.05) is 31.9 Å². The molecule has 1 N–H and O–H groups in total. The lowest BCUT2D eigenvalue weighted by Crippen LogP contribution is -2.23. The lowest BCUT2D eigenvalue weighted by molar-refractivity contribution is -0.137. The number of amides is 1. The number of nitrogens with one attached hydrogen (secondary N) is 1. The van der Waals surface area contributed by atoms with Crippen molar-refractivity contribution in [2.24, 2.45) is 7.05 Å². The minimum atomic E-state index is -4.42.